The number of benzene rings is 1. The molecule has 1 aromatic heterocycles. The third-order valence-electron chi connectivity index (χ3n) is 2.40. The van der Waals surface area contributed by atoms with Crippen LogP contribution in [0.25, 0.3) is 0 Å². The van der Waals surface area contributed by atoms with Crippen molar-refractivity contribution in [3.05, 3.63) is 41.8 Å². The zero-order valence-corrected chi connectivity index (χ0v) is 11.4. The Bertz CT molecular complexity index is 722. The van der Waals surface area contributed by atoms with Gasteiger partial charge in [-0.1, -0.05) is 5.16 Å². The summed E-state index contributed by atoms with van der Waals surface area (Å²) in [5, 5.41) is 3.51. The molecular weight excluding hydrogens is 287 g/mol. The molecule has 0 atom stereocenters. The van der Waals surface area contributed by atoms with E-state index in [1.807, 2.05) is 0 Å². The SMILES string of the molecule is CC(=O)Cc1nc(CS(=O)(=O)c2ccc(F)cc2)no1. The molecule has 0 amide bonds. The van der Waals surface area contributed by atoms with Crippen molar-refractivity contribution in [2.75, 3.05) is 0 Å². The van der Waals surface area contributed by atoms with Crippen molar-refractivity contribution in [1.29, 1.82) is 0 Å². The standard InChI is InChI=1S/C12H11FN2O4S/c1-8(16)6-12-14-11(15-19-12)7-20(17,18)10-4-2-9(13)3-5-10/h2-5H,6-7H2,1H3. The summed E-state index contributed by atoms with van der Waals surface area (Å²) in [7, 11) is -3.68. The summed E-state index contributed by atoms with van der Waals surface area (Å²) in [6, 6.07) is 4.46. The van der Waals surface area contributed by atoms with Crippen LogP contribution in [0, 0.1) is 5.82 Å². The summed E-state index contributed by atoms with van der Waals surface area (Å²) in [6.07, 6.45) is -0.0381. The molecule has 0 aliphatic carbocycles. The van der Waals surface area contributed by atoms with Crippen molar-refractivity contribution >= 4 is 15.6 Å². The van der Waals surface area contributed by atoms with Crippen molar-refractivity contribution in [3.63, 3.8) is 0 Å². The largest absolute Gasteiger partial charge is 0.339 e. The van der Waals surface area contributed by atoms with Crippen LogP contribution >= 0.6 is 0 Å². The Balaban J connectivity index is 2.18. The maximum absolute atomic E-state index is 12.8. The van der Waals surface area contributed by atoms with E-state index in [2.05, 4.69) is 10.1 Å². The first-order valence-electron chi connectivity index (χ1n) is 5.66. The second-order valence-electron chi connectivity index (χ2n) is 4.20. The molecule has 20 heavy (non-hydrogen) atoms. The topological polar surface area (TPSA) is 90.1 Å². The first-order valence-corrected chi connectivity index (χ1v) is 7.31. The minimum atomic E-state index is -3.68. The van der Waals surface area contributed by atoms with E-state index >= 15 is 0 Å². The number of hydrogen-bond acceptors (Lipinski definition) is 6. The van der Waals surface area contributed by atoms with Gasteiger partial charge in [-0.25, -0.2) is 12.8 Å². The van der Waals surface area contributed by atoms with Gasteiger partial charge >= 0.3 is 0 Å². The molecule has 0 aliphatic heterocycles. The molecule has 0 fully saturated rings. The number of hydrogen-bond donors (Lipinski definition) is 0. The molecule has 0 radical (unpaired) electrons. The lowest BCUT2D eigenvalue weighted by atomic mass is 10.3. The zero-order valence-electron chi connectivity index (χ0n) is 10.5. The third kappa shape index (κ3) is 3.47. The van der Waals surface area contributed by atoms with E-state index in [4.69, 9.17) is 4.52 Å². The van der Waals surface area contributed by atoms with Gasteiger partial charge in [0.15, 0.2) is 15.7 Å². The fraction of sp³-hybridized carbons (Fsp3) is 0.250. The zero-order chi connectivity index (χ0) is 14.8. The molecular formula is C12H11FN2O4S. The fourth-order valence-electron chi connectivity index (χ4n) is 1.53. The maximum atomic E-state index is 12.8. The van der Waals surface area contributed by atoms with Crippen LogP contribution in [0.3, 0.4) is 0 Å². The highest BCUT2D eigenvalue weighted by atomic mass is 32.2. The summed E-state index contributed by atoms with van der Waals surface area (Å²) in [5.41, 5.74) is 0. The average Bonchev–Trinajstić information content (AvgIpc) is 2.75. The minimum Gasteiger partial charge on any atom is -0.339 e. The molecule has 0 saturated heterocycles. The molecule has 0 N–H and O–H groups in total. The van der Waals surface area contributed by atoms with Crippen molar-refractivity contribution < 1.29 is 22.1 Å². The van der Waals surface area contributed by atoms with Gasteiger partial charge in [0.05, 0.1) is 11.3 Å². The quantitative estimate of drug-likeness (QED) is 0.773. The molecule has 0 bridgehead atoms. The van der Waals surface area contributed by atoms with Gasteiger partial charge in [0.1, 0.15) is 17.4 Å². The van der Waals surface area contributed by atoms with Gasteiger partial charge in [-0.15, -0.1) is 0 Å². The van der Waals surface area contributed by atoms with Crippen LogP contribution in [0.5, 0.6) is 0 Å². The molecule has 6 nitrogen and oxygen atoms in total. The van der Waals surface area contributed by atoms with Crippen LogP contribution in [-0.4, -0.2) is 24.3 Å². The van der Waals surface area contributed by atoms with Gasteiger partial charge in [-0.05, 0) is 31.2 Å². The van der Waals surface area contributed by atoms with E-state index in [9.17, 15) is 17.6 Å². The Hall–Kier alpha value is -2.09. The Kier molecular flexibility index (Phi) is 3.93. The normalized spacial score (nSPS) is 11.5. The van der Waals surface area contributed by atoms with Crippen LogP contribution in [0.2, 0.25) is 0 Å². The van der Waals surface area contributed by atoms with Crippen molar-refractivity contribution in [2.45, 2.75) is 24.0 Å². The van der Waals surface area contributed by atoms with Gasteiger partial charge < -0.3 is 4.52 Å². The van der Waals surface area contributed by atoms with Gasteiger partial charge in [-0.3, -0.25) is 4.79 Å². The molecule has 2 aromatic rings. The predicted molar refractivity (Wildman–Crippen MR) is 66.0 cm³/mol. The number of carbonyl (C=O) groups excluding carboxylic acids is 1. The number of aromatic nitrogens is 2. The van der Waals surface area contributed by atoms with Crippen LogP contribution in [-0.2, 0) is 26.8 Å². The molecule has 0 saturated carbocycles. The first kappa shape index (κ1) is 14.3. The monoisotopic (exact) mass is 298 g/mol. The second-order valence-corrected chi connectivity index (χ2v) is 6.19. The number of rotatable bonds is 5. The Morgan fingerprint density at radius 3 is 2.55 bits per heavy atom. The molecule has 8 heteroatoms. The first-order chi connectivity index (χ1) is 9.37. The van der Waals surface area contributed by atoms with Crippen LogP contribution in [0.4, 0.5) is 4.39 Å². The minimum absolute atomic E-state index is 0.0307. The highest BCUT2D eigenvalue weighted by Gasteiger charge is 2.19. The highest BCUT2D eigenvalue weighted by molar-refractivity contribution is 7.90. The van der Waals surface area contributed by atoms with Crippen LogP contribution in [0.1, 0.15) is 18.6 Å². The molecule has 106 valence electrons. The smallest absolute Gasteiger partial charge is 0.234 e. The lowest BCUT2D eigenvalue weighted by molar-refractivity contribution is -0.116. The van der Waals surface area contributed by atoms with Gasteiger partial charge in [0.2, 0.25) is 5.89 Å². The highest BCUT2D eigenvalue weighted by Crippen LogP contribution is 2.15. The van der Waals surface area contributed by atoms with Gasteiger partial charge in [0.25, 0.3) is 0 Å². The molecule has 1 heterocycles. The summed E-state index contributed by atoms with van der Waals surface area (Å²) >= 11 is 0. The number of ketones is 1. The number of sulfone groups is 1. The molecule has 0 unspecified atom stereocenters. The fourth-order valence-corrected chi connectivity index (χ4v) is 2.70. The van der Waals surface area contributed by atoms with E-state index in [0.29, 0.717) is 0 Å². The van der Waals surface area contributed by atoms with Crippen LogP contribution in [0.15, 0.2) is 33.7 Å². The number of Topliss-reactive ketones (excluding diaryl/α,β-unsaturated/α-hetero) is 1. The van der Waals surface area contributed by atoms with Crippen LogP contribution < -0.4 is 0 Å². The predicted octanol–water partition coefficient (Wildman–Crippen LogP) is 1.31. The average molecular weight is 298 g/mol. The molecule has 2 rings (SSSR count). The Morgan fingerprint density at radius 1 is 1.30 bits per heavy atom. The molecule has 0 aliphatic rings. The summed E-state index contributed by atoms with van der Waals surface area (Å²) < 4.78 is 41.6. The van der Waals surface area contributed by atoms with Crippen molar-refractivity contribution in [2.24, 2.45) is 0 Å². The number of nitrogens with zero attached hydrogens (tertiary/aromatic N) is 2. The summed E-state index contributed by atoms with van der Waals surface area (Å²) in [4.78, 5) is 14.7. The maximum Gasteiger partial charge on any atom is 0.234 e. The second kappa shape index (κ2) is 5.49. The van der Waals surface area contributed by atoms with Crippen molar-refractivity contribution in [1.82, 2.24) is 10.1 Å². The van der Waals surface area contributed by atoms with Crippen molar-refractivity contribution in [3.8, 4) is 0 Å². The van der Waals surface area contributed by atoms with Gasteiger partial charge in [-0.2, -0.15) is 4.98 Å². The molecule has 0 spiro atoms. The summed E-state index contributed by atoms with van der Waals surface area (Å²) in [6.45, 7) is 1.36. The Labute approximate surface area is 114 Å². The number of halogens is 1. The van der Waals surface area contributed by atoms with Gasteiger partial charge in [0, 0.05) is 0 Å². The number of carbonyl (C=O) groups is 1. The lowest BCUT2D eigenvalue weighted by Gasteiger charge is -2.00. The van der Waals surface area contributed by atoms with E-state index < -0.39 is 21.4 Å². The lowest BCUT2D eigenvalue weighted by Crippen LogP contribution is -2.06. The third-order valence-corrected chi connectivity index (χ3v) is 4.03. The van der Waals surface area contributed by atoms with E-state index in [0.717, 1.165) is 12.1 Å². The Morgan fingerprint density at radius 2 is 1.95 bits per heavy atom. The summed E-state index contributed by atoms with van der Waals surface area (Å²) in [5.74, 6) is -1.12. The van der Waals surface area contributed by atoms with E-state index in [1.54, 1.807) is 0 Å². The van der Waals surface area contributed by atoms with E-state index in [1.165, 1.54) is 19.1 Å². The van der Waals surface area contributed by atoms with E-state index in [-0.39, 0.29) is 28.8 Å². The molecule has 1 aromatic carbocycles.